The minimum atomic E-state index is -4.02. The molecule has 3 heterocycles. The largest absolute Gasteiger partial charge is 0.493 e. The molecule has 5 aromatic rings. The van der Waals surface area contributed by atoms with Crippen LogP contribution in [0.4, 0.5) is 4.79 Å². The summed E-state index contributed by atoms with van der Waals surface area (Å²) in [5.41, 5.74) is 1.41. The Kier molecular flexibility index (Phi) is 9.30. The van der Waals surface area contributed by atoms with Gasteiger partial charge in [-0.05, 0) is 95.0 Å². The van der Waals surface area contributed by atoms with Crippen LogP contribution in [0, 0.1) is 12.8 Å². The second-order valence-electron chi connectivity index (χ2n) is 13.4. The van der Waals surface area contributed by atoms with Crippen molar-refractivity contribution in [2.75, 3.05) is 19.7 Å². The first-order chi connectivity index (χ1) is 23.3. The van der Waals surface area contributed by atoms with Crippen molar-refractivity contribution < 1.29 is 27.4 Å². The van der Waals surface area contributed by atoms with Crippen LogP contribution in [0.25, 0.3) is 22.0 Å². The van der Waals surface area contributed by atoms with Crippen LogP contribution in [0.15, 0.2) is 101 Å². The number of hydrogen-bond donors (Lipinski definition) is 0. The molecule has 0 saturated carbocycles. The summed E-state index contributed by atoms with van der Waals surface area (Å²) in [4.78, 5) is 27.6. The highest BCUT2D eigenvalue weighted by Gasteiger charge is 2.27. The van der Waals surface area contributed by atoms with Gasteiger partial charge < -0.3 is 23.7 Å². The molecule has 11 heteroatoms. The second-order valence-corrected chi connectivity index (χ2v) is 15.3. The molecular weight excluding hydrogens is 642 g/mol. The average Bonchev–Trinajstić information content (AvgIpc) is 3.53. The Morgan fingerprint density at radius 3 is 2.20 bits per heavy atom. The molecule has 1 saturated heterocycles. The van der Waals surface area contributed by atoms with Crippen LogP contribution in [0.1, 0.15) is 39.2 Å². The fourth-order valence-corrected chi connectivity index (χ4v) is 7.25. The number of aryl methyl sites for hydroxylation is 2. The number of rotatable bonds is 8. The molecule has 3 aromatic carbocycles. The topological polar surface area (TPSA) is 109 Å². The number of benzene rings is 3. The molecule has 0 bridgehead atoms. The maximum Gasteiger partial charge on any atom is 0.410 e. The molecule has 0 N–H and O–H groups in total. The van der Waals surface area contributed by atoms with Gasteiger partial charge in [-0.2, -0.15) is 0 Å². The Balaban J connectivity index is 1.18. The van der Waals surface area contributed by atoms with Crippen molar-refractivity contribution in [2.45, 2.75) is 51.0 Å². The zero-order valence-corrected chi connectivity index (χ0v) is 29.2. The van der Waals surface area contributed by atoms with Crippen molar-refractivity contribution in [3.8, 4) is 28.4 Å². The number of carbonyl (C=O) groups is 1. The smallest absolute Gasteiger partial charge is 0.410 e. The molecule has 256 valence electrons. The first kappa shape index (κ1) is 33.9. The molecule has 2 aromatic heterocycles. The van der Waals surface area contributed by atoms with Crippen LogP contribution >= 0.6 is 0 Å². The number of para-hydroxylation sites is 1. The summed E-state index contributed by atoms with van der Waals surface area (Å²) in [5.74, 6) is 2.18. The molecule has 0 radical (unpaired) electrons. The highest BCUT2D eigenvalue weighted by atomic mass is 32.2. The number of fused-ring (bicyclic) bond motifs is 1. The molecule has 0 spiro atoms. The number of amides is 1. The number of likely N-dealkylation sites (tertiary alicyclic amines) is 1. The molecule has 0 atom stereocenters. The lowest BCUT2D eigenvalue weighted by Crippen LogP contribution is -2.42. The van der Waals surface area contributed by atoms with Gasteiger partial charge in [0, 0.05) is 49.0 Å². The third-order valence-electron chi connectivity index (χ3n) is 8.55. The Hall–Kier alpha value is -5.03. The molecule has 0 unspecified atom stereocenters. The summed E-state index contributed by atoms with van der Waals surface area (Å²) in [7, 11) is -2.42. The summed E-state index contributed by atoms with van der Waals surface area (Å²) in [6.07, 6.45) is 4.55. The SMILES string of the molecule is Cc1ccc(S(=O)(=O)n2ccc3c(-c4ccccc4Oc4ccc(OCC5CCN(C(=O)OC(C)(C)C)CC5)cc4)cn(C)c(=O)c32)cc1. The van der Waals surface area contributed by atoms with Gasteiger partial charge in [-0.1, -0.05) is 35.9 Å². The van der Waals surface area contributed by atoms with E-state index in [1.54, 1.807) is 48.5 Å². The lowest BCUT2D eigenvalue weighted by atomic mass is 9.98. The summed E-state index contributed by atoms with van der Waals surface area (Å²) in [6.45, 7) is 9.33. The van der Waals surface area contributed by atoms with Crippen LogP contribution in [-0.4, -0.2) is 53.2 Å². The predicted octanol–water partition coefficient (Wildman–Crippen LogP) is 7.37. The molecule has 0 aliphatic carbocycles. The number of nitrogens with zero attached hydrogens (tertiary/aromatic N) is 3. The zero-order valence-electron chi connectivity index (χ0n) is 28.4. The number of carbonyl (C=O) groups excluding carboxylic acids is 1. The molecule has 49 heavy (non-hydrogen) atoms. The number of ether oxygens (including phenoxy) is 3. The van der Waals surface area contributed by atoms with E-state index in [2.05, 4.69) is 0 Å². The standard InChI is InChI=1S/C38H41N3O7S/c1-26-10-16-30(17-11-26)49(44,45)41-23-20-32-33(24-39(5)36(42)35(32)41)31-8-6-7-9-34(31)47-29-14-12-28(13-15-29)46-25-27-18-21-40(22-19-27)37(43)48-38(2,3)4/h6-17,20,23-24,27H,18-19,21-22,25H2,1-5H3. The zero-order chi connectivity index (χ0) is 34.9. The minimum Gasteiger partial charge on any atom is -0.493 e. The van der Waals surface area contributed by atoms with Gasteiger partial charge in [0.1, 0.15) is 28.4 Å². The highest BCUT2D eigenvalue weighted by Crippen LogP contribution is 2.37. The summed E-state index contributed by atoms with van der Waals surface area (Å²) in [5, 5.41) is 0.496. The van der Waals surface area contributed by atoms with Crippen LogP contribution in [0.3, 0.4) is 0 Å². The van der Waals surface area contributed by atoms with E-state index in [-0.39, 0.29) is 16.5 Å². The quantitative estimate of drug-likeness (QED) is 0.168. The van der Waals surface area contributed by atoms with Crippen molar-refractivity contribution in [1.82, 2.24) is 13.4 Å². The number of piperidine rings is 1. The summed E-state index contributed by atoms with van der Waals surface area (Å²) < 4.78 is 47.7. The lowest BCUT2D eigenvalue weighted by molar-refractivity contribution is 0.0165. The van der Waals surface area contributed by atoms with E-state index in [1.807, 2.05) is 76.2 Å². The van der Waals surface area contributed by atoms with Crippen LogP contribution in [-0.2, 0) is 21.8 Å². The maximum atomic E-state index is 13.6. The van der Waals surface area contributed by atoms with Crippen molar-refractivity contribution in [3.63, 3.8) is 0 Å². The third-order valence-corrected chi connectivity index (χ3v) is 10.2. The van der Waals surface area contributed by atoms with Gasteiger partial charge in [0.05, 0.1) is 11.5 Å². The number of aromatic nitrogens is 2. The van der Waals surface area contributed by atoms with Gasteiger partial charge >= 0.3 is 6.09 Å². The van der Waals surface area contributed by atoms with E-state index in [4.69, 9.17) is 14.2 Å². The molecule has 1 aliphatic rings. The van der Waals surface area contributed by atoms with Crippen LogP contribution in [0.2, 0.25) is 0 Å². The van der Waals surface area contributed by atoms with Gasteiger partial charge in [-0.25, -0.2) is 17.2 Å². The van der Waals surface area contributed by atoms with E-state index < -0.39 is 21.2 Å². The van der Waals surface area contributed by atoms with Crippen LogP contribution < -0.4 is 15.0 Å². The second kappa shape index (κ2) is 13.5. The normalized spacial score (nSPS) is 14.2. The molecule has 1 fully saturated rings. The third kappa shape index (κ3) is 7.36. The van der Waals surface area contributed by atoms with E-state index in [1.165, 1.54) is 10.8 Å². The number of hydrogen-bond acceptors (Lipinski definition) is 7. The lowest BCUT2D eigenvalue weighted by Gasteiger charge is -2.33. The number of pyridine rings is 1. The van der Waals surface area contributed by atoms with Gasteiger partial charge in [0.2, 0.25) is 0 Å². The minimum absolute atomic E-state index is 0.0624. The Labute approximate surface area is 286 Å². The van der Waals surface area contributed by atoms with E-state index in [9.17, 15) is 18.0 Å². The Morgan fingerprint density at radius 2 is 1.53 bits per heavy atom. The van der Waals surface area contributed by atoms with E-state index in [0.717, 1.165) is 22.4 Å². The highest BCUT2D eigenvalue weighted by molar-refractivity contribution is 7.90. The molecule has 10 nitrogen and oxygen atoms in total. The fourth-order valence-electron chi connectivity index (χ4n) is 5.90. The van der Waals surface area contributed by atoms with Crippen molar-refractivity contribution >= 4 is 27.0 Å². The first-order valence-corrected chi connectivity index (χ1v) is 17.8. The van der Waals surface area contributed by atoms with Gasteiger partial charge in [-0.3, -0.25) is 4.79 Å². The summed E-state index contributed by atoms with van der Waals surface area (Å²) in [6, 6.07) is 23.0. The molecular formula is C38H41N3O7S. The van der Waals surface area contributed by atoms with Crippen molar-refractivity contribution in [1.29, 1.82) is 0 Å². The van der Waals surface area contributed by atoms with Crippen LogP contribution in [0.5, 0.6) is 17.2 Å². The van der Waals surface area contributed by atoms with Gasteiger partial charge in [0.15, 0.2) is 0 Å². The first-order valence-electron chi connectivity index (χ1n) is 16.3. The maximum absolute atomic E-state index is 13.6. The average molecular weight is 684 g/mol. The molecule has 6 rings (SSSR count). The monoisotopic (exact) mass is 683 g/mol. The van der Waals surface area contributed by atoms with E-state index in [0.29, 0.717) is 59.4 Å². The summed E-state index contributed by atoms with van der Waals surface area (Å²) >= 11 is 0. The van der Waals surface area contributed by atoms with Crippen molar-refractivity contribution in [2.24, 2.45) is 13.0 Å². The molecule has 1 amide bonds. The Bertz CT molecular complexity index is 2140. The Morgan fingerprint density at radius 1 is 0.878 bits per heavy atom. The van der Waals surface area contributed by atoms with E-state index >= 15 is 0 Å². The molecule has 1 aliphatic heterocycles. The fraction of sp³-hybridized carbons (Fsp3) is 0.316. The predicted molar refractivity (Wildman–Crippen MR) is 189 cm³/mol. The van der Waals surface area contributed by atoms with Gasteiger partial charge in [0.25, 0.3) is 15.6 Å². The van der Waals surface area contributed by atoms with Gasteiger partial charge in [-0.15, -0.1) is 0 Å². The van der Waals surface area contributed by atoms with Crippen molar-refractivity contribution in [3.05, 3.63) is 107 Å².